The summed E-state index contributed by atoms with van der Waals surface area (Å²) in [6.07, 6.45) is 1.25. The van der Waals surface area contributed by atoms with Crippen molar-refractivity contribution in [2.45, 2.75) is 0 Å². The highest BCUT2D eigenvalue weighted by Crippen LogP contribution is 2.31. The van der Waals surface area contributed by atoms with Crippen LogP contribution in [0.15, 0.2) is 48.7 Å². The Morgan fingerprint density at radius 3 is 2.29 bits per heavy atom. The molecular weight excluding hydrogens is 371 g/mol. The standard InChI is InChI=1S/C17H9Cl3N2O2/c18-10-5-9(6-11(19)7-10)16-21-8-13(17(23)24)15(22-16)12-3-1-2-4-14(12)20/h1-8H,(H,23,24). The Morgan fingerprint density at radius 1 is 1.00 bits per heavy atom. The van der Waals surface area contributed by atoms with E-state index in [4.69, 9.17) is 34.8 Å². The molecule has 1 aromatic heterocycles. The molecule has 0 amide bonds. The van der Waals surface area contributed by atoms with Crippen molar-refractivity contribution in [2.24, 2.45) is 0 Å². The fraction of sp³-hybridized carbons (Fsp3) is 0. The van der Waals surface area contributed by atoms with E-state index in [0.717, 1.165) is 0 Å². The molecule has 120 valence electrons. The summed E-state index contributed by atoms with van der Waals surface area (Å²) in [5.41, 5.74) is 1.28. The Hall–Kier alpha value is -2.14. The van der Waals surface area contributed by atoms with Crippen LogP contribution >= 0.6 is 34.8 Å². The number of carboxylic acids is 1. The highest BCUT2D eigenvalue weighted by molar-refractivity contribution is 6.35. The van der Waals surface area contributed by atoms with Crippen LogP contribution < -0.4 is 0 Å². The Bertz CT molecular complexity index is 925. The van der Waals surface area contributed by atoms with Gasteiger partial charge >= 0.3 is 5.97 Å². The molecule has 0 saturated carbocycles. The minimum Gasteiger partial charge on any atom is -0.478 e. The lowest BCUT2D eigenvalue weighted by Crippen LogP contribution is -2.05. The Labute approximate surface area is 152 Å². The molecular formula is C17H9Cl3N2O2. The second kappa shape index (κ2) is 6.77. The molecule has 7 heteroatoms. The predicted octanol–water partition coefficient (Wildman–Crippen LogP) is 5.47. The van der Waals surface area contributed by atoms with Gasteiger partial charge in [-0.25, -0.2) is 14.8 Å². The van der Waals surface area contributed by atoms with E-state index in [1.807, 2.05) is 0 Å². The average Bonchev–Trinajstić information content (AvgIpc) is 2.53. The number of rotatable bonds is 3. The SMILES string of the molecule is O=C(O)c1cnc(-c2cc(Cl)cc(Cl)c2)nc1-c1ccccc1Cl. The molecule has 3 rings (SSSR count). The van der Waals surface area contributed by atoms with Crippen LogP contribution in [0.1, 0.15) is 10.4 Å². The minimum atomic E-state index is -1.14. The largest absolute Gasteiger partial charge is 0.478 e. The zero-order valence-electron chi connectivity index (χ0n) is 12.0. The summed E-state index contributed by atoms with van der Waals surface area (Å²) in [6, 6.07) is 11.8. The summed E-state index contributed by atoms with van der Waals surface area (Å²) in [5, 5.41) is 10.7. The first kappa shape index (κ1) is 16.7. The number of hydrogen-bond donors (Lipinski definition) is 1. The summed E-state index contributed by atoms with van der Waals surface area (Å²) in [5.74, 6) is -0.833. The first-order valence-corrected chi connectivity index (χ1v) is 7.91. The van der Waals surface area contributed by atoms with Gasteiger partial charge in [0.05, 0.1) is 5.69 Å². The molecule has 0 aliphatic carbocycles. The van der Waals surface area contributed by atoms with E-state index in [1.165, 1.54) is 6.20 Å². The lowest BCUT2D eigenvalue weighted by Gasteiger charge is -2.10. The Kier molecular flexibility index (Phi) is 4.71. The van der Waals surface area contributed by atoms with Gasteiger partial charge in [0.1, 0.15) is 5.56 Å². The van der Waals surface area contributed by atoms with Gasteiger partial charge in [0.25, 0.3) is 0 Å². The fourth-order valence-corrected chi connectivity index (χ4v) is 2.97. The maximum Gasteiger partial charge on any atom is 0.339 e. The molecule has 24 heavy (non-hydrogen) atoms. The third-order valence-corrected chi connectivity index (χ3v) is 4.03. The third-order valence-electron chi connectivity index (χ3n) is 3.27. The molecule has 0 atom stereocenters. The monoisotopic (exact) mass is 378 g/mol. The van der Waals surface area contributed by atoms with Crippen LogP contribution in [-0.4, -0.2) is 21.0 Å². The summed E-state index contributed by atoms with van der Waals surface area (Å²) >= 11 is 18.2. The number of halogens is 3. The zero-order valence-corrected chi connectivity index (χ0v) is 14.3. The topological polar surface area (TPSA) is 63.1 Å². The van der Waals surface area contributed by atoms with Crippen LogP contribution in [0.3, 0.4) is 0 Å². The van der Waals surface area contributed by atoms with Gasteiger partial charge < -0.3 is 5.11 Å². The molecule has 1 heterocycles. The molecule has 2 aromatic carbocycles. The number of benzene rings is 2. The van der Waals surface area contributed by atoms with Crippen molar-refractivity contribution >= 4 is 40.8 Å². The van der Waals surface area contributed by atoms with Crippen molar-refractivity contribution < 1.29 is 9.90 Å². The van der Waals surface area contributed by atoms with Crippen molar-refractivity contribution in [2.75, 3.05) is 0 Å². The summed E-state index contributed by atoms with van der Waals surface area (Å²) in [7, 11) is 0. The number of aromatic carboxylic acids is 1. The molecule has 1 N–H and O–H groups in total. The van der Waals surface area contributed by atoms with Gasteiger partial charge in [-0.15, -0.1) is 0 Å². The van der Waals surface area contributed by atoms with Crippen LogP contribution in [0.2, 0.25) is 15.1 Å². The lowest BCUT2D eigenvalue weighted by molar-refractivity contribution is 0.0697. The van der Waals surface area contributed by atoms with Gasteiger partial charge in [0.2, 0.25) is 0 Å². The summed E-state index contributed by atoms with van der Waals surface area (Å²) in [4.78, 5) is 20.0. The first-order chi connectivity index (χ1) is 11.5. The number of aromatic nitrogens is 2. The van der Waals surface area contributed by atoms with Gasteiger partial charge in [-0.05, 0) is 24.3 Å². The highest BCUT2D eigenvalue weighted by atomic mass is 35.5. The van der Waals surface area contributed by atoms with E-state index in [-0.39, 0.29) is 11.3 Å². The predicted molar refractivity (Wildman–Crippen MR) is 94.9 cm³/mol. The van der Waals surface area contributed by atoms with E-state index in [9.17, 15) is 9.90 Å². The van der Waals surface area contributed by atoms with Crippen molar-refractivity contribution in [3.05, 3.63) is 69.3 Å². The molecule has 0 saturated heterocycles. The second-order valence-corrected chi connectivity index (χ2v) is 6.18. The van der Waals surface area contributed by atoms with Gasteiger partial charge in [-0.2, -0.15) is 0 Å². The van der Waals surface area contributed by atoms with E-state index in [2.05, 4.69) is 9.97 Å². The van der Waals surface area contributed by atoms with Gasteiger partial charge in [-0.1, -0.05) is 53.0 Å². The number of carboxylic acid groups (broad SMARTS) is 1. The normalized spacial score (nSPS) is 10.6. The second-order valence-electron chi connectivity index (χ2n) is 4.90. The molecule has 0 aliphatic heterocycles. The number of carbonyl (C=O) groups is 1. The van der Waals surface area contributed by atoms with E-state index >= 15 is 0 Å². The molecule has 0 aliphatic rings. The van der Waals surface area contributed by atoms with Crippen LogP contribution in [0.5, 0.6) is 0 Å². The minimum absolute atomic E-state index is 0.0417. The maximum atomic E-state index is 11.5. The molecule has 0 fully saturated rings. The van der Waals surface area contributed by atoms with Crippen LogP contribution in [-0.2, 0) is 0 Å². The Balaban J connectivity index is 2.23. The van der Waals surface area contributed by atoms with E-state index < -0.39 is 5.97 Å². The van der Waals surface area contributed by atoms with E-state index in [0.29, 0.717) is 32.0 Å². The van der Waals surface area contributed by atoms with Crippen molar-refractivity contribution in [3.8, 4) is 22.6 Å². The molecule has 0 bridgehead atoms. The van der Waals surface area contributed by atoms with Gasteiger partial charge in [-0.3, -0.25) is 0 Å². The zero-order chi connectivity index (χ0) is 17.3. The van der Waals surface area contributed by atoms with Crippen LogP contribution in [0.25, 0.3) is 22.6 Å². The smallest absolute Gasteiger partial charge is 0.339 e. The van der Waals surface area contributed by atoms with Crippen molar-refractivity contribution in [1.29, 1.82) is 0 Å². The lowest BCUT2D eigenvalue weighted by atomic mass is 10.1. The molecule has 0 radical (unpaired) electrons. The summed E-state index contributed by atoms with van der Waals surface area (Å²) in [6.45, 7) is 0. The molecule has 4 nitrogen and oxygen atoms in total. The summed E-state index contributed by atoms with van der Waals surface area (Å²) < 4.78 is 0. The molecule has 0 unspecified atom stereocenters. The van der Waals surface area contributed by atoms with Crippen LogP contribution in [0, 0.1) is 0 Å². The molecule has 0 spiro atoms. The van der Waals surface area contributed by atoms with Crippen molar-refractivity contribution in [1.82, 2.24) is 9.97 Å². The van der Waals surface area contributed by atoms with Gasteiger partial charge in [0.15, 0.2) is 5.82 Å². The van der Waals surface area contributed by atoms with E-state index in [1.54, 1.807) is 42.5 Å². The number of hydrogen-bond acceptors (Lipinski definition) is 3. The van der Waals surface area contributed by atoms with Crippen LogP contribution in [0.4, 0.5) is 0 Å². The third kappa shape index (κ3) is 3.36. The fourth-order valence-electron chi connectivity index (χ4n) is 2.22. The highest BCUT2D eigenvalue weighted by Gasteiger charge is 2.18. The van der Waals surface area contributed by atoms with Gasteiger partial charge in [0, 0.05) is 32.4 Å². The Morgan fingerprint density at radius 2 is 1.67 bits per heavy atom. The quantitative estimate of drug-likeness (QED) is 0.655. The average molecular weight is 380 g/mol. The maximum absolute atomic E-state index is 11.5. The molecule has 3 aromatic rings. The first-order valence-electron chi connectivity index (χ1n) is 6.77. The number of nitrogens with zero attached hydrogens (tertiary/aromatic N) is 2. The van der Waals surface area contributed by atoms with Crippen molar-refractivity contribution in [3.63, 3.8) is 0 Å².